The molecule has 1 fully saturated rings. The number of hydrogen-bond acceptors (Lipinski definition) is 10. The Bertz CT molecular complexity index is 1510. The topological polar surface area (TPSA) is 153 Å². The smallest absolute Gasteiger partial charge is 0.420 e. The number of nitrogens with one attached hydrogen (secondary N) is 3. The summed E-state index contributed by atoms with van der Waals surface area (Å²) < 4.78 is 51.1. The molecular formula is C25H23ClF3N9O3. The van der Waals surface area contributed by atoms with Gasteiger partial charge in [0.25, 0.3) is 0 Å². The molecule has 4 heterocycles. The number of carbonyl (C=O) groups is 1. The van der Waals surface area contributed by atoms with Crippen LogP contribution in [0.2, 0.25) is 5.02 Å². The van der Waals surface area contributed by atoms with Crippen LogP contribution in [0.15, 0.2) is 43.1 Å². The maximum atomic E-state index is 13.5. The molecule has 1 aliphatic rings. The molecule has 4 aromatic heterocycles. The quantitative estimate of drug-likeness (QED) is 0.256. The number of rotatable bonds is 7. The number of methoxy groups -OCH3 is 1. The molecule has 4 aromatic rings. The lowest BCUT2D eigenvalue weighted by Crippen LogP contribution is -2.32. The number of halogens is 4. The average molecular weight is 590 g/mol. The van der Waals surface area contributed by atoms with E-state index < -0.39 is 23.5 Å². The van der Waals surface area contributed by atoms with Crippen LogP contribution in [0.5, 0.6) is 6.01 Å². The zero-order valence-corrected chi connectivity index (χ0v) is 22.2. The third-order valence-electron chi connectivity index (χ3n) is 6.34. The second-order valence-corrected chi connectivity index (χ2v) is 9.49. The number of alkyl halides is 3. The molecule has 0 saturated heterocycles. The van der Waals surface area contributed by atoms with Gasteiger partial charge in [-0.25, -0.2) is 29.7 Å². The summed E-state index contributed by atoms with van der Waals surface area (Å²) in [5, 5.41) is 11.8. The molecule has 12 nitrogen and oxygen atoms in total. The molecule has 41 heavy (non-hydrogen) atoms. The van der Waals surface area contributed by atoms with Gasteiger partial charge in [0, 0.05) is 36.4 Å². The van der Waals surface area contributed by atoms with Gasteiger partial charge in [-0.2, -0.15) is 18.3 Å². The summed E-state index contributed by atoms with van der Waals surface area (Å²) >= 11 is 5.99. The van der Waals surface area contributed by atoms with Crippen LogP contribution in [-0.4, -0.2) is 60.5 Å². The summed E-state index contributed by atoms with van der Waals surface area (Å²) in [6, 6.07) is 3.53. The Morgan fingerprint density at radius 1 is 1.05 bits per heavy atom. The molecule has 1 saturated carbocycles. The first-order valence-corrected chi connectivity index (χ1v) is 12.8. The van der Waals surface area contributed by atoms with Gasteiger partial charge in [-0.05, 0) is 43.4 Å². The minimum atomic E-state index is -4.68. The molecule has 0 unspecified atom stereocenters. The third-order valence-corrected chi connectivity index (χ3v) is 6.63. The number of hydrogen-bond donors (Lipinski definition) is 3. The SMILES string of the molecule is COc1ncc(-c2ccnc(NC(=O)OC3CCC(Nc4ncc(C(F)(F)F)c(-c5[nH]ncc5Cl)n4)CC3)c2)cn1. The van der Waals surface area contributed by atoms with Crippen LogP contribution < -0.4 is 15.4 Å². The normalized spacial score (nSPS) is 17.1. The van der Waals surface area contributed by atoms with Crippen molar-refractivity contribution in [2.75, 3.05) is 17.7 Å². The number of pyridine rings is 1. The average Bonchev–Trinajstić information content (AvgIpc) is 3.39. The highest BCUT2D eigenvalue weighted by Gasteiger charge is 2.36. The first-order valence-electron chi connectivity index (χ1n) is 12.4. The number of H-pyrrole nitrogens is 1. The van der Waals surface area contributed by atoms with Crippen LogP contribution in [-0.2, 0) is 10.9 Å². The van der Waals surface area contributed by atoms with Gasteiger partial charge in [0.2, 0.25) is 5.95 Å². The van der Waals surface area contributed by atoms with Gasteiger partial charge in [-0.3, -0.25) is 10.4 Å². The van der Waals surface area contributed by atoms with Gasteiger partial charge >= 0.3 is 18.3 Å². The van der Waals surface area contributed by atoms with Crippen molar-refractivity contribution < 1.29 is 27.4 Å². The van der Waals surface area contributed by atoms with Crippen LogP contribution in [0, 0.1) is 0 Å². The van der Waals surface area contributed by atoms with Crippen molar-refractivity contribution in [1.82, 2.24) is 35.1 Å². The predicted molar refractivity (Wildman–Crippen MR) is 141 cm³/mol. The van der Waals surface area contributed by atoms with E-state index in [2.05, 4.69) is 45.8 Å². The molecule has 0 atom stereocenters. The molecule has 0 bridgehead atoms. The van der Waals surface area contributed by atoms with Crippen LogP contribution in [0.25, 0.3) is 22.5 Å². The second-order valence-electron chi connectivity index (χ2n) is 9.08. The number of aromatic nitrogens is 7. The van der Waals surface area contributed by atoms with Gasteiger partial charge < -0.3 is 14.8 Å². The molecule has 1 amide bonds. The van der Waals surface area contributed by atoms with Gasteiger partial charge in [-0.1, -0.05) is 11.6 Å². The highest BCUT2D eigenvalue weighted by molar-refractivity contribution is 6.32. The lowest BCUT2D eigenvalue weighted by Gasteiger charge is -2.29. The van der Waals surface area contributed by atoms with E-state index >= 15 is 0 Å². The second kappa shape index (κ2) is 11.9. The Kier molecular flexibility index (Phi) is 8.14. The Labute approximate surface area is 236 Å². The standard InChI is InChI=1S/C25H23ClF3N9O3/c1-40-23-32-9-14(10-33-23)13-6-7-30-19(8-13)36-24(39)41-16-4-2-15(3-5-16)35-22-31-11-17(25(27,28)29)20(37-22)21-18(26)12-34-38-21/h6-12,15-16H,2-5H2,1H3,(H,34,38)(H,30,36,39)(H,31,35,37). The first kappa shape index (κ1) is 28.0. The number of amides is 1. The van der Waals surface area contributed by atoms with E-state index in [1.54, 1.807) is 30.7 Å². The van der Waals surface area contributed by atoms with E-state index in [0.29, 0.717) is 43.3 Å². The highest BCUT2D eigenvalue weighted by Crippen LogP contribution is 2.37. The van der Waals surface area contributed by atoms with E-state index in [1.807, 2.05) is 0 Å². The zero-order valence-electron chi connectivity index (χ0n) is 21.4. The summed E-state index contributed by atoms with van der Waals surface area (Å²) in [5.41, 5.74) is -0.0248. The summed E-state index contributed by atoms with van der Waals surface area (Å²) in [4.78, 5) is 32.7. The van der Waals surface area contributed by atoms with Crippen molar-refractivity contribution >= 4 is 29.5 Å². The number of anilines is 2. The molecule has 0 radical (unpaired) electrons. The molecule has 0 spiro atoms. The summed E-state index contributed by atoms with van der Waals surface area (Å²) in [6.07, 6.45) is 3.18. The van der Waals surface area contributed by atoms with Crippen molar-refractivity contribution in [3.63, 3.8) is 0 Å². The fourth-order valence-corrected chi connectivity index (χ4v) is 4.51. The van der Waals surface area contributed by atoms with Crippen molar-refractivity contribution in [1.29, 1.82) is 0 Å². The van der Waals surface area contributed by atoms with Crippen LogP contribution in [0.1, 0.15) is 31.2 Å². The molecule has 214 valence electrons. The maximum absolute atomic E-state index is 13.5. The number of aromatic amines is 1. The van der Waals surface area contributed by atoms with Gasteiger partial charge in [0.1, 0.15) is 28.9 Å². The molecule has 3 N–H and O–H groups in total. The van der Waals surface area contributed by atoms with Crippen molar-refractivity contribution in [2.45, 2.75) is 44.0 Å². The lowest BCUT2D eigenvalue weighted by atomic mass is 9.93. The monoisotopic (exact) mass is 589 g/mol. The lowest BCUT2D eigenvalue weighted by molar-refractivity contribution is -0.137. The van der Waals surface area contributed by atoms with E-state index in [1.165, 1.54) is 13.3 Å². The molecule has 1 aliphatic carbocycles. The van der Waals surface area contributed by atoms with Crippen molar-refractivity contribution in [3.05, 3.63) is 53.7 Å². The van der Waals surface area contributed by atoms with E-state index in [0.717, 1.165) is 5.56 Å². The van der Waals surface area contributed by atoms with E-state index in [-0.39, 0.29) is 34.8 Å². The molecule has 5 rings (SSSR count). The largest absolute Gasteiger partial charge is 0.467 e. The van der Waals surface area contributed by atoms with Gasteiger partial charge in [0.15, 0.2) is 0 Å². The summed E-state index contributed by atoms with van der Waals surface area (Å²) in [5.74, 6) is 0.320. The Hall–Kier alpha value is -4.53. The van der Waals surface area contributed by atoms with Crippen LogP contribution in [0.4, 0.5) is 29.7 Å². The summed E-state index contributed by atoms with van der Waals surface area (Å²) in [6.45, 7) is 0. The van der Waals surface area contributed by atoms with Crippen LogP contribution >= 0.6 is 11.6 Å². The van der Waals surface area contributed by atoms with E-state index in [4.69, 9.17) is 21.1 Å². The van der Waals surface area contributed by atoms with Crippen molar-refractivity contribution in [3.8, 4) is 28.5 Å². The molecule has 0 aromatic carbocycles. The van der Waals surface area contributed by atoms with Crippen LogP contribution in [0.3, 0.4) is 0 Å². The molecule has 0 aliphatic heterocycles. The van der Waals surface area contributed by atoms with Gasteiger partial charge in [-0.15, -0.1) is 0 Å². The highest BCUT2D eigenvalue weighted by atomic mass is 35.5. The zero-order chi connectivity index (χ0) is 29.0. The summed E-state index contributed by atoms with van der Waals surface area (Å²) in [7, 11) is 1.47. The fourth-order valence-electron chi connectivity index (χ4n) is 4.33. The minimum Gasteiger partial charge on any atom is -0.467 e. The fraction of sp³-hybridized carbons (Fsp3) is 0.320. The van der Waals surface area contributed by atoms with Crippen molar-refractivity contribution in [2.24, 2.45) is 0 Å². The molecule has 16 heteroatoms. The number of carbonyl (C=O) groups excluding carboxylic acids is 1. The Morgan fingerprint density at radius 2 is 1.80 bits per heavy atom. The Morgan fingerprint density at radius 3 is 2.46 bits per heavy atom. The number of ether oxygens (including phenoxy) is 2. The van der Waals surface area contributed by atoms with Gasteiger partial charge in [0.05, 0.1) is 18.3 Å². The molecular weight excluding hydrogens is 567 g/mol. The maximum Gasteiger partial charge on any atom is 0.420 e. The number of nitrogens with zero attached hydrogens (tertiary/aromatic N) is 6. The minimum absolute atomic E-state index is 0.00718. The Balaban J connectivity index is 1.15. The van der Waals surface area contributed by atoms with E-state index in [9.17, 15) is 18.0 Å². The first-order chi connectivity index (χ1) is 19.7. The predicted octanol–water partition coefficient (Wildman–Crippen LogP) is 5.37. The third kappa shape index (κ3) is 6.80.